The zero-order chi connectivity index (χ0) is 14.7. The second-order valence-electron chi connectivity index (χ2n) is 6.68. The minimum absolute atomic E-state index is 0.180. The first-order chi connectivity index (χ1) is 10.3. The number of hydrogen-bond acceptors (Lipinski definition) is 3. The fourth-order valence-corrected chi connectivity index (χ4v) is 4.14. The van der Waals surface area contributed by atoms with Gasteiger partial charge in [0, 0.05) is 30.7 Å². The zero-order valence-corrected chi connectivity index (χ0v) is 13.2. The number of para-hydroxylation sites is 1. The molecule has 1 saturated carbocycles. The van der Waals surface area contributed by atoms with Gasteiger partial charge in [-0.2, -0.15) is 0 Å². The molecule has 3 nitrogen and oxygen atoms in total. The van der Waals surface area contributed by atoms with Crippen molar-refractivity contribution in [3.63, 3.8) is 0 Å². The molecule has 21 heavy (non-hydrogen) atoms. The molecule has 116 valence electrons. The normalized spacial score (nSPS) is 30.3. The minimum atomic E-state index is 0.180. The highest BCUT2D eigenvalue weighted by Gasteiger charge is 2.40. The maximum absolute atomic E-state index is 6.27. The molecule has 1 aromatic rings. The molecule has 2 atom stereocenters. The van der Waals surface area contributed by atoms with Crippen LogP contribution < -0.4 is 10.5 Å². The third kappa shape index (κ3) is 2.95. The van der Waals surface area contributed by atoms with Crippen LogP contribution in [0.25, 0.3) is 0 Å². The van der Waals surface area contributed by atoms with Crippen LogP contribution in [-0.4, -0.2) is 30.1 Å². The molecule has 1 aliphatic heterocycles. The summed E-state index contributed by atoms with van der Waals surface area (Å²) in [6, 6.07) is 8.44. The van der Waals surface area contributed by atoms with E-state index in [1.807, 2.05) is 0 Å². The SMILES string of the molecule is CCC1CCCC(CN)(N2CCOc3ccccc3C2)C1. The first kappa shape index (κ1) is 14.9. The van der Waals surface area contributed by atoms with Crippen LogP contribution in [0.15, 0.2) is 24.3 Å². The molecule has 1 fully saturated rings. The Labute approximate surface area is 128 Å². The molecule has 2 aliphatic rings. The van der Waals surface area contributed by atoms with Gasteiger partial charge >= 0.3 is 0 Å². The number of ether oxygens (including phenoxy) is 1. The Hall–Kier alpha value is -1.06. The van der Waals surface area contributed by atoms with Gasteiger partial charge in [-0.1, -0.05) is 44.4 Å². The van der Waals surface area contributed by atoms with Crippen LogP contribution in [0.4, 0.5) is 0 Å². The van der Waals surface area contributed by atoms with E-state index in [0.717, 1.165) is 37.9 Å². The molecule has 3 rings (SSSR count). The van der Waals surface area contributed by atoms with Crippen LogP contribution in [0.5, 0.6) is 5.75 Å². The number of hydrogen-bond donors (Lipinski definition) is 1. The quantitative estimate of drug-likeness (QED) is 0.928. The fraction of sp³-hybridized carbons (Fsp3) is 0.667. The van der Waals surface area contributed by atoms with E-state index in [1.54, 1.807) is 0 Å². The predicted molar refractivity (Wildman–Crippen MR) is 86.4 cm³/mol. The number of fused-ring (bicyclic) bond motifs is 1. The lowest BCUT2D eigenvalue weighted by Gasteiger charge is -2.48. The first-order valence-corrected chi connectivity index (χ1v) is 8.43. The van der Waals surface area contributed by atoms with Crippen molar-refractivity contribution in [1.82, 2.24) is 4.90 Å². The second kappa shape index (κ2) is 6.37. The molecule has 0 aromatic heterocycles. The Balaban J connectivity index is 1.84. The highest BCUT2D eigenvalue weighted by molar-refractivity contribution is 5.34. The molecule has 3 heteroatoms. The summed E-state index contributed by atoms with van der Waals surface area (Å²) in [4.78, 5) is 2.61. The van der Waals surface area contributed by atoms with E-state index < -0.39 is 0 Å². The van der Waals surface area contributed by atoms with Crippen LogP contribution in [0.1, 0.15) is 44.6 Å². The molecule has 1 aliphatic carbocycles. The van der Waals surface area contributed by atoms with Gasteiger partial charge in [-0.25, -0.2) is 0 Å². The summed E-state index contributed by atoms with van der Waals surface area (Å²) in [6.07, 6.45) is 6.46. The number of nitrogens with two attached hydrogens (primary N) is 1. The summed E-state index contributed by atoms with van der Waals surface area (Å²) in [7, 11) is 0. The van der Waals surface area contributed by atoms with E-state index in [-0.39, 0.29) is 5.54 Å². The molecular weight excluding hydrogens is 260 g/mol. The lowest BCUT2D eigenvalue weighted by molar-refractivity contribution is 0.0248. The van der Waals surface area contributed by atoms with Crippen molar-refractivity contribution in [2.45, 2.75) is 51.1 Å². The zero-order valence-electron chi connectivity index (χ0n) is 13.2. The molecule has 0 bridgehead atoms. The van der Waals surface area contributed by atoms with Gasteiger partial charge in [0.15, 0.2) is 0 Å². The van der Waals surface area contributed by atoms with E-state index >= 15 is 0 Å². The van der Waals surface area contributed by atoms with E-state index in [2.05, 4.69) is 36.1 Å². The van der Waals surface area contributed by atoms with Crippen LogP contribution in [-0.2, 0) is 6.54 Å². The van der Waals surface area contributed by atoms with Crippen molar-refractivity contribution in [3.8, 4) is 5.75 Å². The Morgan fingerprint density at radius 3 is 3.05 bits per heavy atom. The van der Waals surface area contributed by atoms with Gasteiger partial charge in [0.05, 0.1) is 0 Å². The van der Waals surface area contributed by atoms with Gasteiger partial charge in [0.25, 0.3) is 0 Å². The molecule has 0 amide bonds. The lowest BCUT2D eigenvalue weighted by Crippen LogP contribution is -2.56. The summed E-state index contributed by atoms with van der Waals surface area (Å²) >= 11 is 0. The topological polar surface area (TPSA) is 38.5 Å². The van der Waals surface area contributed by atoms with Crippen LogP contribution in [0.2, 0.25) is 0 Å². The largest absolute Gasteiger partial charge is 0.492 e. The van der Waals surface area contributed by atoms with Gasteiger partial charge in [-0.15, -0.1) is 0 Å². The van der Waals surface area contributed by atoms with Crippen molar-refractivity contribution in [3.05, 3.63) is 29.8 Å². The van der Waals surface area contributed by atoms with Crippen molar-refractivity contribution in [1.29, 1.82) is 0 Å². The summed E-state index contributed by atoms with van der Waals surface area (Å²) < 4.78 is 5.93. The molecule has 1 aromatic carbocycles. The molecular formula is C18H28N2O. The Kier molecular flexibility index (Phi) is 4.51. The predicted octanol–water partition coefficient (Wildman–Crippen LogP) is 3.18. The van der Waals surface area contributed by atoms with Gasteiger partial charge in [0.1, 0.15) is 12.4 Å². The molecule has 0 radical (unpaired) electrons. The van der Waals surface area contributed by atoms with E-state index in [9.17, 15) is 0 Å². The molecule has 0 spiro atoms. The second-order valence-corrected chi connectivity index (χ2v) is 6.68. The molecule has 0 saturated heterocycles. The third-order valence-electron chi connectivity index (χ3n) is 5.50. The number of nitrogens with zero attached hydrogens (tertiary/aromatic N) is 1. The van der Waals surface area contributed by atoms with Crippen LogP contribution in [0, 0.1) is 5.92 Å². The first-order valence-electron chi connectivity index (χ1n) is 8.43. The van der Waals surface area contributed by atoms with Gasteiger partial charge in [-0.05, 0) is 24.8 Å². The minimum Gasteiger partial charge on any atom is -0.492 e. The van der Waals surface area contributed by atoms with Crippen molar-refractivity contribution >= 4 is 0 Å². The summed E-state index contributed by atoms with van der Waals surface area (Å²) in [6.45, 7) is 5.82. The van der Waals surface area contributed by atoms with E-state index in [4.69, 9.17) is 10.5 Å². The van der Waals surface area contributed by atoms with Crippen molar-refractivity contribution in [2.24, 2.45) is 11.7 Å². The average Bonchev–Trinajstić information content (AvgIpc) is 2.77. The molecule has 1 heterocycles. The molecule has 2 unspecified atom stereocenters. The summed E-state index contributed by atoms with van der Waals surface area (Å²) in [5, 5.41) is 0. The number of benzene rings is 1. The number of rotatable bonds is 3. The van der Waals surface area contributed by atoms with E-state index in [0.29, 0.717) is 0 Å². The Bertz CT molecular complexity index is 476. The highest BCUT2D eigenvalue weighted by atomic mass is 16.5. The summed E-state index contributed by atoms with van der Waals surface area (Å²) in [5.74, 6) is 1.89. The Morgan fingerprint density at radius 2 is 2.24 bits per heavy atom. The third-order valence-corrected chi connectivity index (χ3v) is 5.50. The van der Waals surface area contributed by atoms with E-state index in [1.165, 1.54) is 37.7 Å². The summed E-state index contributed by atoms with van der Waals surface area (Å²) in [5.41, 5.74) is 7.76. The van der Waals surface area contributed by atoms with Crippen molar-refractivity contribution in [2.75, 3.05) is 19.7 Å². The smallest absolute Gasteiger partial charge is 0.123 e. The highest BCUT2D eigenvalue weighted by Crippen LogP contribution is 2.39. The van der Waals surface area contributed by atoms with Crippen LogP contribution in [0.3, 0.4) is 0 Å². The lowest BCUT2D eigenvalue weighted by atomic mass is 9.73. The van der Waals surface area contributed by atoms with Gasteiger partial charge < -0.3 is 10.5 Å². The monoisotopic (exact) mass is 288 g/mol. The van der Waals surface area contributed by atoms with Crippen molar-refractivity contribution < 1.29 is 4.74 Å². The standard InChI is InChI=1S/C18H28N2O/c1-2-15-6-5-9-18(12-15,14-19)20-10-11-21-17-8-4-3-7-16(17)13-20/h3-4,7-8,15H,2,5-6,9-14,19H2,1H3. The Morgan fingerprint density at radius 1 is 1.38 bits per heavy atom. The fourth-order valence-electron chi connectivity index (χ4n) is 4.14. The maximum Gasteiger partial charge on any atom is 0.123 e. The van der Waals surface area contributed by atoms with Crippen LogP contribution >= 0.6 is 0 Å². The molecule has 2 N–H and O–H groups in total. The van der Waals surface area contributed by atoms with Gasteiger partial charge in [0.2, 0.25) is 0 Å². The van der Waals surface area contributed by atoms with Gasteiger partial charge in [-0.3, -0.25) is 4.90 Å². The average molecular weight is 288 g/mol. The maximum atomic E-state index is 6.27.